The van der Waals surface area contributed by atoms with Gasteiger partial charge in [0.05, 0.1) is 9.85 Å². The molecule has 0 aliphatic carbocycles. The van der Waals surface area contributed by atoms with Gasteiger partial charge >= 0.3 is 0 Å². The minimum atomic E-state index is -0.760. The predicted molar refractivity (Wildman–Crippen MR) is 79.2 cm³/mol. The molecule has 112 valence electrons. The van der Waals surface area contributed by atoms with Gasteiger partial charge in [-0.05, 0) is 18.2 Å². The first-order valence-electron chi connectivity index (χ1n) is 5.88. The van der Waals surface area contributed by atoms with Crippen molar-refractivity contribution >= 4 is 34.6 Å². The largest absolute Gasteiger partial charge is 0.322 e. The Balaban J connectivity index is 2.32. The summed E-state index contributed by atoms with van der Waals surface area (Å²) < 4.78 is 0. The second-order valence-corrected chi connectivity index (χ2v) is 4.62. The van der Waals surface area contributed by atoms with Crippen LogP contribution in [-0.4, -0.2) is 15.8 Å². The minimum Gasteiger partial charge on any atom is -0.322 e. The zero-order chi connectivity index (χ0) is 16.3. The lowest BCUT2D eigenvalue weighted by atomic mass is 10.1. The highest BCUT2D eigenvalue weighted by molar-refractivity contribution is 6.31. The maximum Gasteiger partial charge on any atom is 0.283 e. The predicted octanol–water partition coefficient (Wildman–Crippen LogP) is 3.41. The number of anilines is 1. The lowest BCUT2D eigenvalue weighted by Gasteiger charge is -2.06. The highest BCUT2D eigenvalue weighted by atomic mass is 35.5. The molecule has 1 N–H and O–H groups in total. The van der Waals surface area contributed by atoms with Crippen LogP contribution in [0.5, 0.6) is 0 Å². The van der Waals surface area contributed by atoms with E-state index in [0.29, 0.717) is 0 Å². The lowest BCUT2D eigenvalue weighted by molar-refractivity contribution is -0.385. The number of benzene rings is 2. The van der Waals surface area contributed by atoms with Crippen molar-refractivity contribution in [2.24, 2.45) is 0 Å². The van der Waals surface area contributed by atoms with Gasteiger partial charge in [-0.25, -0.2) is 0 Å². The van der Waals surface area contributed by atoms with E-state index in [1.54, 1.807) is 0 Å². The van der Waals surface area contributed by atoms with Gasteiger partial charge in [-0.1, -0.05) is 17.7 Å². The third-order valence-corrected chi connectivity index (χ3v) is 2.95. The molecule has 0 aliphatic rings. The first-order chi connectivity index (χ1) is 10.4. The number of halogens is 1. The average Bonchev–Trinajstić information content (AvgIpc) is 2.47. The van der Waals surface area contributed by atoms with Gasteiger partial charge < -0.3 is 5.32 Å². The number of carbonyl (C=O) groups excluding carboxylic acids is 1. The maximum absolute atomic E-state index is 12.1. The Hall–Kier alpha value is -3.00. The van der Waals surface area contributed by atoms with Gasteiger partial charge in [-0.15, -0.1) is 0 Å². The van der Waals surface area contributed by atoms with E-state index in [4.69, 9.17) is 11.6 Å². The van der Waals surface area contributed by atoms with Crippen molar-refractivity contribution in [2.45, 2.75) is 0 Å². The Morgan fingerprint density at radius 1 is 1.05 bits per heavy atom. The number of rotatable bonds is 4. The van der Waals surface area contributed by atoms with Gasteiger partial charge in [0.25, 0.3) is 17.3 Å². The van der Waals surface area contributed by atoms with E-state index in [1.807, 2.05) is 0 Å². The molecule has 0 bridgehead atoms. The zero-order valence-corrected chi connectivity index (χ0v) is 11.6. The van der Waals surface area contributed by atoms with E-state index >= 15 is 0 Å². The monoisotopic (exact) mass is 321 g/mol. The SMILES string of the molecule is O=C(Nc1cccc([N+](=O)[O-])c1)c1ccc(Cl)cc1[N+](=O)[O-]. The van der Waals surface area contributed by atoms with Crippen LogP contribution < -0.4 is 5.32 Å². The fourth-order valence-corrected chi connectivity index (χ4v) is 1.91. The molecule has 1 amide bonds. The van der Waals surface area contributed by atoms with Crippen LogP contribution in [0, 0.1) is 20.2 Å². The van der Waals surface area contributed by atoms with Crippen molar-refractivity contribution in [3.8, 4) is 0 Å². The molecule has 0 radical (unpaired) electrons. The highest BCUT2D eigenvalue weighted by Crippen LogP contribution is 2.25. The van der Waals surface area contributed by atoms with Crippen molar-refractivity contribution in [3.63, 3.8) is 0 Å². The van der Waals surface area contributed by atoms with E-state index in [9.17, 15) is 25.0 Å². The number of hydrogen-bond acceptors (Lipinski definition) is 5. The van der Waals surface area contributed by atoms with Crippen molar-refractivity contribution in [1.29, 1.82) is 0 Å². The topological polar surface area (TPSA) is 115 Å². The highest BCUT2D eigenvalue weighted by Gasteiger charge is 2.21. The van der Waals surface area contributed by atoms with E-state index in [2.05, 4.69) is 5.32 Å². The molecule has 2 aromatic carbocycles. The van der Waals surface area contributed by atoms with Crippen molar-refractivity contribution in [3.05, 3.63) is 73.3 Å². The Morgan fingerprint density at radius 3 is 2.41 bits per heavy atom. The molecule has 8 nitrogen and oxygen atoms in total. The molecule has 0 fully saturated rings. The number of nitro groups is 2. The summed E-state index contributed by atoms with van der Waals surface area (Å²) in [5.74, 6) is -0.760. The van der Waals surface area contributed by atoms with E-state index < -0.39 is 21.4 Å². The Labute approximate surface area is 128 Å². The smallest absolute Gasteiger partial charge is 0.283 e. The standard InChI is InChI=1S/C13H8ClN3O5/c14-8-4-5-11(12(6-8)17(21)22)13(18)15-9-2-1-3-10(7-9)16(19)20/h1-7H,(H,15,18). The maximum atomic E-state index is 12.1. The molecule has 2 aromatic rings. The van der Waals surface area contributed by atoms with E-state index in [-0.39, 0.29) is 22.0 Å². The third-order valence-electron chi connectivity index (χ3n) is 2.72. The quantitative estimate of drug-likeness (QED) is 0.684. The van der Waals surface area contributed by atoms with Gasteiger partial charge in [0, 0.05) is 28.9 Å². The summed E-state index contributed by atoms with van der Waals surface area (Å²) in [6.07, 6.45) is 0. The first kappa shape index (κ1) is 15.4. The number of non-ortho nitro benzene ring substituents is 1. The summed E-state index contributed by atoms with van der Waals surface area (Å²) in [7, 11) is 0. The van der Waals surface area contributed by atoms with Crippen molar-refractivity contribution in [2.75, 3.05) is 5.32 Å². The molecule has 0 aliphatic heterocycles. The van der Waals surface area contributed by atoms with Crippen LogP contribution in [0.1, 0.15) is 10.4 Å². The van der Waals surface area contributed by atoms with Crippen LogP contribution in [0.3, 0.4) is 0 Å². The van der Waals surface area contributed by atoms with Gasteiger partial charge in [0.2, 0.25) is 0 Å². The lowest BCUT2D eigenvalue weighted by Crippen LogP contribution is -2.14. The van der Waals surface area contributed by atoms with Crippen LogP contribution in [-0.2, 0) is 0 Å². The van der Waals surface area contributed by atoms with Crippen molar-refractivity contribution in [1.82, 2.24) is 0 Å². The number of nitrogens with zero attached hydrogens (tertiary/aromatic N) is 2. The van der Waals surface area contributed by atoms with Gasteiger partial charge in [0.1, 0.15) is 5.56 Å². The minimum absolute atomic E-state index is 0.124. The summed E-state index contributed by atoms with van der Waals surface area (Å²) in [5.41, 5.74) is -0.691. The van der Waals surface area contributed by atoms with Crippen LogP contribution in [0.4, 0.5) is 17.1 Å². The number of hydrogen-bond donors (Lipinski definition) is 1. The molecule has 0 unspecified atom stereocenters. The molecule has 0 heterocycles. The van der Waals surface area contributed by atoms with Crippen LogP contribution in [0.15, 0.2) is 42.5 Å². The van der Waals surface area contributed by atoms with Gasteiger partial charge in [0.15, 0.2) is 0 Å². The molecule has 0 saturated carbocycles. The summed E-state index contributed by atoms with van der Waals surface area (Å²) in [6.45, 7) is 0. The van der Waals surface area contributed by atoms with Gasteiger partial charge in [-0.2, -0.15) is 0 Å². The zero-order valence-electron chi connectivity index (χ0n) is 10.9. The summed E-state index contributed by atoms with van der Waals surface area (Å²) in [5, 5.41) is 24.1. The van der Waals surface area contributed by atoms with Crippen LogP contribution in [0.25, 0.3) is 0 Å². The Kier molecular flexibility index (Phi) is 4.33. The second kappa shape index (κ2) is 6.19. The fourth-order valence-electron chi connectivity index (χ4n) is 1.74. The van der Waals surface area contributed by atoms with Crippen LogP contribution >= 0.6 is 11.6 Å². The molecule has 0 spiro atoms. The third kappa shape index (κ3) is 3.36. The molecule has 9 heteroatoms. The van der Waals surface area contributed by atoms with E-state index in [1.165, 1.54) is 30.3 Å². The number of amides is 1. The van der Waals surface area contributed by atoms with Gasteiger partial charge in [-0.3, -0.25) is 25.0 Å². The molecule has 0 atom stereocenters. The molecule has 22 heavy (non-hydrogen) atoms. The first-order valence-corrected chi connectivity index (χ1v) is 6.26. The summed E-state index contributed by atoms with van der Waals surface area (Å²) in [4.78, 5) is 32.4. The number of nitro benzene ring substituents is 2. The summed E-state index contributed by atoms with van der Waals surface area (Å²) in [6, 6.07) is 8.87. The Morgan fingerprint density at radius 2 is 1.77 bits per heavy atom. The molecular formula is C13H8ClN3O5. The van der Waals surface area contributed by atoms with Crippen molar-refractivity contribution < 1.29 is 14.6 Å². The van der Waals surface area contributed by atoms with E-state index in [0.717, 1.165) is 12.1 Å². The second-order valence-electron chi connectivity index (χ2n) is 4.18. The molecule has 0 saturated heterocycles. The average molecular weight is 322 g/mol. The normalized spacial score (nSPS) is 10.0. The number of carbonyl (C=O) groups is 1. The molecular weight excluding hydrogens is 314 g/mol. The van der Waals surface area contributed by atoms with Crippen LogP contribution in [0.2, 0.25) is 5.02 Å². The fraction of sp³-hybridized carbons (Fsp3) is 0. The summed E-state index contributed by atoms with van der Waals surface area (Å²) >= 11 is 5.67. The molecule has 2 rings (SSSR count). The molecule has 0 aromatic heterocycles. The Bertz CT molecular complexity index is 778. The number of nitrogens with one attached hydrogen (secondary N) is 1.